The molecule has 0 aliphatic carbocycles. The lowest BCUT2D eigenvalue weighted by atomic mass is 10.2. The maximum Gasteiger partial charge on any atom is 0.254 e. The molecule has 3 N–H and O–H groups in total. The number of hydrogen-bond donors (Lipinski definition) is 3. The van der Waals surface area contributed by atoms with Gasteiger partial charge in [-0.05, 0) is 12.1 Å². The summed E-state index contributed by atoms with van der Waals surface area (Å²) in [5.74, 6) is -1.95. The van der Waals surface area contributed by atoms with Crippen LogP contribution < -0.4 is 10.6 Å². The largest absolute Gasteiger partial charge is 0.508 e. The molecule has 1 aromatic carbocycles. The van der Waals surface area contributed by atoms with Crippen LogP contribution in [0.25, 0.3) is 0 Å². The van der Waals surface area contributed by atoms with Crippen molar-refractivity contribution in [2.75, 3.05) is 32.7 Å². The average molecular weight is 281 g/mol. The van der Waals surface area contributed by atoms with Gasteiger partial charge in [0.05, 0.1) is 12.1 Å². The van der Waals surface area contributed by atoms with Gasteiger partial charge in [-0.2, -0.15) is 0 Å². The number of nitrogens with one attached hydrogen (secondary N) is 2. The van der Waals surface area contributed by atoms with E-state index in [1.54, 1.807) is 4.90 Å². The number of aromatic hydroxyl groups is 1. The molecule has 1 heterocycles. The third-order valence-electron chi connectivity index (χ3n) is 3.07. The summed E-state index contributed by atoms with van der Waals surface area (Å²) < 4.78 is 13.5. The first-order valence-corrected chi connectivity index (χ1v) is 6.33. The van der Waals surface area contributed by atoms with Crippen LogP contribution in [0.1, 0.15) is 10.4 Å². The van der Waals surface area contributed by atoms with E-state index in [0.717, 1.165) is 19.2 Å². The van der Waals surface area contributed by atoms with E-state index >= 15 is 0 Å². The predicted molar refractivity (Wildman–Crippen MR) is 69.8 cm³/mol. The van der Waals surface area contributed by atoms with E-state index in [0.29, 0.717) is 13.1 Å². The fourth-order valence-electron chi connectivity index (χ4n) is 1.97. The van der Waals surface area contributed by atoms with Gasteiger partial charge >= 0.3 is 0 Å². The van der Waals surface area contributed by atoms with Gasteiger partial charge < -0.3 is 20.6 Å². The molecule has 0 unspecified atom stereocenters. The van der Waals surface area contributed by atoms with Gasteiger partial charge in [0.15, 0.2) is 0 Å². The summed E-state index contributed by atoms with van der Waals surface area (Å²) in [5, 5.41) is 14.6. The second-order valence-corrected chi connectivity index (χ2v) is 4.48. The Hall–Kier alpha value is -2.15. The molecule has 2 rings (SSSR count). The molecule has 1 fully saturated rings. The van der Waals surface area contributed by atoms with Crippen molar-refractivity contribution in [3.63, 3.8) is 0 Å². The highest BCUT2D eigenvalue weighted by molar-refractivity contribution is 5.96. The molecular weight excluding hydrogens is 265 g/mol. The molecule has 0 radical (unpaired) electrons. The molecule has 0 saturated carbocycles. The summed E-state index contributed by atoms with van der Waals surface area (Å²) in [6.45, 7) is 2.49. The molecule has 1 aliphatic heterocycles. The minimum Gasteiger partial charge on any atom is -0.508 e. The number of rotatable bonds is 3. The minimum atomic E-state index is -0.822. The van der Waals surface area contributed by atoms with Crippen LogP contribution in [0.4, 0.5) is 4.39 Å². The van der Waals surface area contributed by atoms with Crippen molar-refractivity contribution in [2.45, 2.75) is 0 Å². The lowest BCUT2D eigenvalue weighted by Gasteiger charge is -2.27. The summed E-state index contributed by atoms with van der Waals surface area (Å²) >= 11 is 0. The highest BCUT2D eigenvalue weighted by atomic mass is 19.1. The predicted octanol–water partition coefficient (Wildman–Crippen LogP) is -0.307. The quantitative estimate of drug-likeness (QED) is 0.710. The summed E-state index contributed by atoms with van der Waals surface area (Å²) in [6, 6.07) is 3.25. The summed E-state index contributed by atoms with van der Waals surface area (Å²) in [7, 11) is 0. The first-order valence-electron chi connectivity index (χ1n) is 6.33. The van der Waals surface area contributed by atoms with Gasteiger partial charge in [0, 0.05) is 32.2 Å². The minimum absolute atomic E-state index is 0.168. The molecular formula is C13H16FN3O3. The van der Waals surface area contributed by atoms with E-state index in [-0.39, 0.29) is 23.8 Å². The summed E-state index contributed by atoms with van der Waals surface area (Å²) in [6.07, 6.45) is 0. The number of hydrogen-bond acceptors (Lipinski definition) is 4. The van der Waals surface area contributed by atoms with Crippen molar-refractivity contribution < 1.29 is 19.1 Å². The number of benzene rings is 1. The Morgan fingerprint density at radius 3 is 2.70 bits per heavy atom. The van der Waals surface area contributed by atoms with Gasteiger partial charge in [-0.15, -0.1) is 0 Å². The van der Waals surface area contributed by atoms with Crippen molar-refractivity contribution >= 4 is 11.8 Å². The van der Waals surface area contributed by atoms with Crippen LogP contribution >= 0.6 is 0 Å². The molecule has 108 valence electrons. The van der Waals surface area contributed by atoms with Crippen LogP contribution in [0.5, 0.6) is 5.75 Å². The second kappa shape index (κ2) is 6.33. The molecule has 1 aromatic rings. The van der Waals surface area contributed by atoms with E-state index in [9.17, 15) is 14.0 Å². The number of carbonyl (C=O) groups is 2. The summed E-state index contributed by atoms with van der Waals surface area (Å²) in [5.41, 5.74) is -0.198. The highest BCUT2D eigenvalue weighted by Gasteiger charge is 2.18. The smallest absolute Gasteiger partial charge is 0.254 e. The fraction of sp³-hybridized carbons (Fsp3) is 0.385. The Kier molecular flexibility index (Phi) is 4.52. The van der Waals surface area contributed by atoms with Crippen LogP contribution in [0.15, 0.2) is 18.2 Å². The van der Waals surface area contributed by atoms with Crippen molar-refractivity contribution in [1.29, 1.82) is 0 Å². The topological polar surface area (TPSA) is 81.7 Å². The summed E-state index contributed by atoms with van der Waals surface area (Å²) in [4.78, 5) is 25.2. The average Bonchev–Trinajstić information content (AvgIpc) is 2.45. The molecule has 1 saturated heterocycles. The van der Waals surface area contributed by atoms with Crippen molar-refractivity contribution in [3.05, 3.63) is 29.6 Å². The number of piperazine rings is 1. The molecule has 2 amide bonds. The lowest BCUT2D eigenvalue weighted by Crippen LogP contribution is -2.49. The fourth-order valence-corrected chi connectivity index (χ4v) is 1.97. The van der Waals surface area contributed by atoms with Crippen LogP contribution in [0.2, 0.25) is 0 Å². The highest BCUT2D eigenvalue weighted by Crippen LogP contribution is 2.14. The Balaban J connectivity index is 1.89. The lowest BCUT2D eigenvalue weighted by molar-refractivity contribution is -0.130. The number of halogens is 1. The van der Waals surface area contributed by atoms with Gasteiger partial charge in [0.25, 0.3) is 5.91 Å². The first kappa shape index (κ1) is 14.3. The maximum absolute atomic E-state index is 13.5. The van der Waals surface area contributed by atoms with Gasteiger partial charge in [0.2, 0.25) is 5.91 Å². The Bertz CT molecular complexity index is 516. The van der Waals surface area contributed by atoms with Gasteiger partial charge in [0.1, 0.15) is 11.6 Å². The van der Waals surface area contributed by atoms with E-state index in [1.165, 1.54) is 12.1 Å². The van der Waals surface area contributed by atoms with Crippen LogP contribution in [-0.4, -0.2) is 54.5 Å². The van der Waals surface area contributed by atoms with Crippen molar-refractivity contribution in [1.82, 2.24) is 15.5 Å². The standard InChI is InChI=1S/C13H16FN3O3/c14-11-7-9(18)1-2-10(11)13(20)16-8-12(19)17-5-3-15-4-6-17/h1-2,7,15,18H,3-6,8H2,(H,16,20). The molecule has 7 heteroatoms. The Morgan fingerprint density at radius 2 is 2.05 bits per heavy atom. The Morgan fingerprint density at radius 1 is 1.35 bits per heavy atom. The van der Waals surface area contributed by atoms with Crippen molar-refractivity contribution in [3.8, 4) is 5.75 Å². The first-order chi connectivity index (χ1) is 9.58. The van der Waals surface area contributed by atoms with E-state index < -0.39 is 11.7 Å². The second-order valence-electron chi connectivity index (χ2n) is 4.48. The van der Waals surface area contributed by atoms with E-state index in [4.69, 9.17) is 5.11 Å². The normalized spacial score (nSPS) is 14.9. The van der Waals surface area contributed by atoms with Crippen LogP contribution in [0, 0.1) is 5.82 Å². The van der Waals surface area contributed by atoms with Gasteiger partial charge in [-0.25, -0.2) is 4.39 Å². The number of nitrogens with zero attached hydrogens (tertiary/aromatic N) is 1. The molecule has 0 bridgehead atoms. The zero-order valence-electron chi connectivity index (χ0n) is 10.9. The number of phenolic OH excluding ortho intramolecular Hbond substituents is 1. The molecule has 6 nitrogen and oxygen atoms in total. The number of carbonyl (C=O) groups excluding carboxylic acids is 2. The zero-order chi connectivity index (χ0) is 14.5. The molecule has 0 aromatic heterocycles. The monoisotopic (exact) mass is 281 g/mol. The van der Waals surface area contributed by atoms with E-state index in [2.05, 4.69) is 10.6 Å². The third kappa shape index (κ3) is 3.45. The van der Waals surface area contributed by atoms with Crippen molar-refractivity contribution in [2.24, 2.45) is 0 Å². The molecule has 0 atom stereocenters. The SMILES string of the molecule is O=C(NCC(=O)N1CCNCC1)c1ccc(O)cc1F. The maximum atomic E-state index is 13.5. The number of amides is 2. The van der Waals surface area contributed by atoms with E-state index in [1.807, 2.05) is 0 Å². The van der Waals surface area contributed by atoms with Gasteiger partial charge in [-0.1, -0.05) is 0 Å². The van der Waals surface area contributed by atoms with Crippen LogP contribution in [-0.2, 0) is 4.79 Å². The molecule has 20 heavy (non-hydrogen) atoms. The number of phenols is 1. The van der Waals surface area contributed by atoms with Crippen LogP contribution in [0.3, 0.4) is 0 Å². The van der Waals surface area contributed by atoms with Gasteiger partial charge in [-0.3, -0.25) is 9.59 Å². The Labute approximate surface area is 115 Å². The zero-order valence-corrected chi connectivity index (χ0v) is 10.9. The molecule has 1 aliphatic rings. The molecule has 0 spiro atoms. The third-order valence-corrected chi connectivity index (χ3v) is 3.07.